The van der Waals surface area contributed by atoms with Gasteiger partial charge in [0.1, 0.15) is 11.5 Å². The highest BCUT2D eigenvalue weighted by atomic mass is 32.1. The summed E-state index contributed by atoms with van der Waals surface area (Å²) < 4.78 is 5.79. The van der Waals surface area contributed by atoms with E-state index in [4.69, 9.17) is 4.74 Å². The van der Waals surface area contributed by atoms with E-state index in [1.807, 2.05) is 61.5 Å². The Morgan fingerprint density at radius 2 is 1.68 bits per heavy atom. The summed E-state index contributed by atoms with van der Waals surface area (Å²) >= 11 is 1.74. The van der Waals surface area contributed by atoms with E-state index in [0.29, 0.717) is 6.42 Å². The van der Waals surface area contributed by atoms with Crippen molar-refractivity contribution in [2.45, 2.75) is 26.2 Å². The van der Waals surface area contributed by atoms with Gasteiger partial charge in [-0.2, -0.15) is 0 Å². The second-order valence-corrected chi connectivity index (χ2v) is 6.95. The number of amides is 1. The lowest BCUT2D eigenvalue weighted by Gasteiger charge is -2.08. The molecule has 0 spiro atoms. The molecule has 0 saturated carbocycles. The van der Waals surface area contributed by atoms with Crippen molar-refractivity contribution in [1.82, 2.24) is 0 Å². The topological polar surface area (TPSA) is 38.3 Å². The standard InChI is InChI=1S/C21H21NO2S/c1-16-7-11-18(12-8-16)24-19-13-9-17(10-14-19)22-21(23)6-2-4-20-5-3-15-25-20/h3,5,7-15H,2,4,6H2,1H3,(H,22,23). The van der Waals surface area contributed by atoms with Crippen LogP contribution in [0.1, 0.15) is 23.3 Å². The van der Waals surface area contributed by atoms with Crippen molar-refractivity contribution in [2.75, 3.05) is 5.32 Å². The number of thiophene rings is 1. The number of hydrogen-bond donors (Lipinski definition) is 1. The Labute approximate surface area is 152 Å². The highest BCUT2D eigenvalue weighted by Crippen LogP contribution is 2.23. The van der Waals surface area contributed by atoms with Gasteiger partial charge in [0.25, 0.3) is 0 Å². The van der Waals surface area contributed by atoms with Crippen molar-refractivity contribution in [3.8, 4) is 11.5 Å². The molecule has 25 heavy (non-hydrogen) atoms. The molecule has 1 N–H and O–H groups in total. The Kier molecular flexibility index (Phi) is 5.86. The van der Waals surface area contributed by atoms with E-state index in [1.165, 1.54) is 10.4 Å². The molecule has 3 nitrogen and oxygen atoms in total. The van der Waals surface area contributed by atoms with Crippen LogP contribution in [-0.2, 0) is 11.2 Å². The summed E-state index contributed by atoms with van der Waals surface area (Å²) in [6.07, 6.45) is 2.34. The van der Waals surface area contributed by atoms with E-state index in [9.17, 15) is 4.79 Å². The van der Waals surface area contributed by atoms with Crippen LogP contribution in [0.3, 0.4) is 0 Å². The highest BCUT2D eigenvalue weighted by Gasteiger charge is 2.04. The predicted molar refractivity (Wildman–Crippen MR) is 104 cm³/mol. The molecule has 4 heteroatoms. The summed E-state index contributed by atoms with van der Waals surface area (Å²) in [6.45, 7) is 2.04. The number of nitrogens with one attached hydrogen (secondary N) is 1. The fourth-order valence-electron chi connectivity index (χ4n) is 2.45. The molecule has 0 saturated heterocycles. The third kappa shape index (κ3) is 5.47. The largest absolute Gasteiger partial charge is 0.457 e. The number of hydrogen-bond acceptors (Lipinski definition) is 3. The van der Waals surface area contributed by atoms with Crippen molar-refractivity contribution in [2.24, 2.45) is 0 Å². The average Bonchev–Trinajstić information content (AvgIpc) is 3.12. The molecule has 3 aromatic rings. The highest BCUT2D eigenvalue weighted by molar-refractivity contribution is 7.09. The van der Waals surface area contributed by atoms with Gasteiger partial charge in [-0.05, 0) is 67.6 Å². The van der Waals surface area contributed by atoms with Gasteiger partial charge in [-0.25, -0.2) is 0 Å². The van der Waals surface area contributed by atoms with Gasteiger partial charge in [0.15, 0.2) is 0 Å². The molecule has 0 aliphatic heterocycles. The molecule has 0 bridgehead atoms. The van der Waals surface area contributed by atoms with Gasteiger partial charge in [-0.1, -0.05) is 23.8 Å². The minimum atomic E-state index is 0.0451. The summed E-state index contributed by atoms with van der Waals surface area (Å²) in [7, 11) is 0. The van der Waals surface area contributed by atoms with E-state index in [2.05, 4.69) is 16.8 Å². The van der Waals surface area contributed by atoms with Crippen LogP contribution in [0.25, 0.3) is 0 Å². The van der Waals surface area contributed by atoms with Crippen molar-refractivity contribution in [3.05, 3.63) is 76.5 Å². The van der Waals surface area contributed by atoms with Crippen LogP contribution >= 0.6 is 11.3 Å². The van der Waals surface area contributed by atoms with Crippen molar-refractivity contribution in [3.63, 3.8) is 0 Å². The maximum Gasteiger partial charge on any atom is 0.224 e. The molecular weight excluding hydrogens is 330 g/mol. The van der Waals surface area contributed by atoms with Crippen LogP contribution in [0.5, 0.6) is 11.5 Å². The van der Waals surface area contributed by atoms with Crippen LogP contribution in [0.2, 0.25) is 0 Å². The minimum Gasteiger partial charge on any atom is -0.457 e. The van der Waals surface area contributed by atoms with Gasteiger partial charge in [0.05, 0.1) is 0 Å². The lowest BCUT2D eigenvalue weighted by atomic mass is 10.2. The Hall–Kier alpha value is -2.59. The third-order valence-corrected chi connectivity index (χ3v) is 4.74. The molecule has 0 aliphatic rings. The van der Waals surface area contributed by atoms with Gasteiger partial charge < -0.3 is 10.1 Å². The van der Waals surface area contributed by atoms with Gasteiger partial charge in [-0.3, -0.25) is 4.79 Å². The van der Waals surface area contributed by atoms with Gasteiger partial charge in [-0.15, -0.1) is 11.3 Å². The summed E-state index contributed by atoms with van der Waals surface area (Å²) in [6, 6.07) is 19.5. The van der Waals surface area contributed by atoms with E-state index < -0.39 is 0 Å². The van der Waals surface area contributed by atoms with Gasteiger partial charge >= 0.3 is 0 Å². The Morgan fingerprint density at radius 1 is 1.00 bits per heavy atom. The zero-order valence-electron chi connectivity index (χ0n) is 14.2. The van der Waals surface area contributed by atoms with Crippen LogP contribution in [0, 0.1) is 6.92 Å². The first-order valence-electron chi connectivity index (χ1n) is 8.36. The second kappa shape index (κ2) is 8.49. The summed E-state index contributed by atoms with van der Waals surface area (Å²) in [5.74, 6) is 1.60. The smallest absolute Gasteiger partial charge is 0.224 e. The van der Waals surface area contributed by atoms with Crippen molar-refractivity contribution >= 4 is 22.9 Å². The zero-order chi connectivity index (χ0) is 17.5. The van der Waals surface area contributed by atoms with Crippen LogP contribution in [0.15, 0.2) is 66.0 Å². The Bertz CT molecular complexity index is 793. The zero-order valence-corrected chi connectivity index (χ0v) is 15.0. The molecule has 128 valence electrons. The SMILES string of the molecule is Cc1ccc(Oc2ccc(NC(=O)CCCc3cccs3)cc2)cc1. The monoisotopic (exact) mass is 351 g/mol. The lowest BCUT2D eigenvalue weighted by molar-refractivity contribution is -0.116. The quantitative estimate of drug-likeness (QED) is 0.583. The number of benzene rings is 2. The van der Waals surface area contributed by atoms with Crippen molar-refractivity contribution < 1.29 is 9.53 Å². The molecular formula is C21H21NO2S. The molecule has 2 aromatic carbocycles. The Morgan fingerprint density at radius 3 is 2.32 bits per heavy atom. The predicted octanol–water partition coefficient (Wildman–Crippen LogP) is 5.81. The van der Waals surface area contributed by atoms with E-state index in [0.717, 1.165) is 30.0 Å². The van der Waals surface area contributed by atoms with Crippen LogP contribution in [-0.4, -0.2) is 5.91 Å². The molecule has 0 atom stereocenters. The summed E-state index contributed by atoms with van der Waals surface area (Å²) in [4.78, 5) is 13.3. The van der Waals surface area contributed by atoms with Gasteiger partial charge in [0.2, 0.25) is 5.91 Å². The normalized spacial score (nSPS) is 10.4. The number of carbonyl (C=O) groups is 1. The van der Waals surface area contributed by atoms with Gasteiger partial charge in [0, 0.05) is 17.0 Å². The maximum atomic E-state index is 12.0. The van der Waals surface area contributed by atoms with Crippen LogP contribution in [0.4, 0.5) is 5.69 Å². The molecule has 3 rings (SSSR count). The molecule has 1 heterocycles. The van der Waals surface area contributed by atoms with E-state index in [1.54, 1.807) is 11.3 Å². The maximum absolute atomic E-state index is 12.0. The third-order valence-electron chi connectivity index (χ3n) is 3.80. The number of rotatable bonds is 7. The molecule has 0 fully saturated rings. The molecule has 0 unspecified atom stereocenters. The molecule has 1 amide bonds. The first-order chi connectivity index (χ1) is 12.2. The molecule has 0 aliphatic carbocycles. The average molecular weight is 351 g/mol. The first-order valence-corrected chi connectivity index (χ1v) is 9.24. The molecule has 0 radical (unpaired) electrons. The number of carbonyl (C=O) groups excluding carboxylic acids is 1. The second-order valence-electron chi connectivity index (χ2n) is 5.92. The van der Waals surface area contributed by atoms with Crippen LogP contribution < -0.4 is 10.1 Å². The minimum absolute atomic E-state index is 0.0451. The van der Waals surface area contributed by atoms with E-state index in [-0.39, 0.29) is 5.91 Å². The lowest BCUT2D eigenvalue weighted by Crippen LogP contribution is -2.11. The fraction of sp³-hybridized carbons (Fsp3) is 0.190. The Balaban J connectivity index is 1.46. The van der Waals surface area contributed by atoms with E-state index >= 15 is 0 Å². The molecule has 1 aromatic heterocycles. The fourth-order valence-corrected chi connectivity index (χ4v) is 3.20. The summed E-state index contributed by atoms with van der Waals surface area (Å²) in [5, 5.41) is 4.99. The van der Waals surface area contributed by atoms with Crippen molar-refractivity contribution in [1.29, 1.82) is 0 Å². The number of ether oxygens (including phenoxy) is 1. The number of anilines is 1. The number of aryl methyl sites for hydroxylation is 2. The summed E-state index contributed by atoms with van der Waals surface area (Å²) in [5.41, 5.74) is 1.99. The first kappa shape index (κ1) is 17.2.